The zero-order valence-electron chi connectivity index (χ0n) is 14.7. The molecule has 1 fully saturated rings. The van der Waals surface area contributed by atoms with E-state index in [0.717, 1.165) is 28.3 Å². The normalized spacial score (nSPS) is 16.7. The molecule has 0 aliphatic heterocycles. The fourth-order valence-corrected chi connectivity index (χ4v) is 3.81. The average Bonchev–Trinajstić information content (AvgIpc) is 2.66. The van der Waals surface area contributed by atoms with Crippen LogP contribution in [0.15, 0.2) is 72.8 Å². The Balaban J connectivity index is 1.62. The number of rotatable bonds is 5. The van der Waals surface area contributed by atoms with E-state index in [1.165, 1.54) is 0 Å². The smallest absolute Gasteiger partial charge is 0.230 e. The molecule has 3 aromatic carbocycles. The summed E-state index contributed by atoms with van der Waals surface area (Å²) in [6, 6.07) is 24.0. The quantitative estimate of drug-likeness (QED) is 0.730. The van der Waals surface area contributed by atoms with Gasteiger partial charge in [0.1, 0.15) is 0 Å². The van der Waals surface area contributed by atoms with Gasteiger partial charge in [0.2, 0.25) is 5.91 Å². The highest BCUT2D eigenvalue weighted by Gasteiger charge is 2.46. The number of benzene rings is 3. The Labute approximate surface area is 153 Å². The summed E-state index contributed by atoms with van der Waals surface area (Å²) in [6.07, 6.45) is 2.30. The molecular formula is C23H23NO2. The molecule has 3 nitrogen and oxygen atoms in total. The molecule has 4 rings (SSSR count). The summed E-state index contributed by atoms with van der Waals surface area (Å²) >= 11 is 0. The number of nitrogens with one attached hydrogen (secondary N) is 1. The summed E-state index contributed by atoms with van der Waals surface area (Å²) in [6.45, 7) is 0.472. The minimum Gasteiger partial charge on any atom is -0.389 e. The van der Waals surface area contributed by atoms with Crippen LogP contribution in [0, 0.1) is 0 Å². The van der Waals surface area contributed by atoms with E-state index >= 15 is 0 Å². The number of amides is 1. The van der Waals surface area contributed by atoms with Crippen molar-refractivity contribution in [2.75, 3.05) is 0 Å². The molecular weight excluding hydrogens is 322 g/mol. The van der Waals surface area contributed by atoms with E-state index in [-0.39, 0.29) is 5.91 Å². The van der Waals surface area contributed by atoms with Crippen LogP contribution >= 0.6 is 0 Å². The van der Waals surface area contributed by atoms with Crippen LogP contribution in [0.4, 0.5) is 0 Å². The summed E-state index contributed by atoms with van der Waals surface area (Å²) < 4.78 is 0. The molecule has 1 aliphatic carbocycles. The van der Waals surface area contributed by atoms with Crippen molar-refractivity contribution in [3.63, 3.8) is 0 Å². The molecule has 3 heteroatoms. The van der Waals surface area contributed by atoms with Gasteiger partial charge < -0.3 is 10.4 Å². The van der Waals surface area contributed by atoms with Crippen molar-refractivity contribution in [3.05, 3.63) is 83.9 Å². The number of aliphatic hydroxyl groups is 1. The van der Waals surface area contributed by atoms with Gasteiger partial charge in [-0.2, -0.15) is 0 Å². The van der Waals surface area contributed by atoms with Crippen LogP contribution in [0.2, 0.25) is 0 Å². The van der Waals surface area contributed by atoms with Crippen molar-refractivity contribution in [2.24, 2.45) is 0 Å². The molecule has 0 spiro atoms. The first-order valence-corrected chi connectivity index (χ1v) is 9.18. The lowest BCUT2D eigenvalue weighted by atomic mass is 9.68. The molecule has 1 saturated carbocycles. The van der Waals surface area contributed by atoms with E-state index in [1.54, 1.807) is 0 Å². The predicted molar refractivity (Wildman–Crippen MR) is 104 cm³/mol. The van der Waals surface area contributed by atoms with E-state index in [2.05, 4.69) is 11.4 Å². The first kappa shape index (κ1) is 16.8. The van der Waals surface area contributed by atoms with Crippen LogP contribution in [-0.4, -0.2) is 16.6 Å². The van der Waals surface area contributed by atoms with Gasteiger partial charge in [0.25, 0.3) is 0 Å². The van der Waals surface area contributed by atoms with Crippen LogP contribution in [0.1, 0.15) is 36.3 Å². The van der Waals surface area contributed by atoms with Crippen LogP contribution in [0.25, 0.3) is 10.8 Å². The van der Waals surface area contributed by atoms with Gasteiger partial charge in [-0.25, -0.2) is 0 Å². The maximum absolute atomic E-state index is 13.0. The van der Waals surface area contributed by atoms with Crippen molar-refractivity contribution in [3.8, 4) is 0 Å². The van der Waals surface area contributed by atoms with Gasteiger partial charge in [-0.1, -0.05) is 72.8 Å². The van der Waals surface area contributed by atoms with E-state index in [0.29, 0.717) is 19.4 Å². The largest absolute Gasteiger partial charge is 0.389 e. The number of carbonyl (C=O) groups is 1. The highest BCUT2D eigenvalue weighted by atomic mass is 16.3. The van der Waals surface area contributed by atoms with E-state index < -0.39 is 11.5 Å². The van der Waals surface area contributed by atoms with Gasteiger partial charge >= 0.3 is 0 Å². The van der Waals surface area contributed by atoms with E-state index in [1.807, 2.05) is 66.7 Å². The number of fused-ring (bicyclic) bond motifs is 1. The maximum Gasteiger partial charge on any atom is 0.230 e. The van der Waals surface area contributed by atoms with Crippen LogP contribution in [-0.2, 0) is 11.3 Å². The second-order valence-corrected chi connectivity index (χ2v) is 7.20. The van der Waals surface area contributed by atoms with Gasteiger partial charge in [0.15, 0.2) is 0 Å². The van der Waals surface area contributed by atoms with Gasteiger partial charge in [-0.3, -0.25) is 4.79 Å². The monoisotopic (exact) mass is 345 g/mol. The average molecular weight is 345 g/mol. The second-order valence-electron chi connectivity index (χ2n) is 7.20. The van der Waals surface area contributed by atoms with Crippen molar-refractivity contribution in [2.45, 2.75) is 37.3 Å². The second kappa shape index (κ2) is 6.93. The number of hydrogen-bond donors (Lipinski definition) is 2. The molecule has 0 saturated heterocycles. The standard InChI is InChI=1S/C23H23NO2/c25-22(24-16-17-7-2-1-3-8-17)21(23(26)13-6-14-23)20-12-11-18-9-4-5-10-19(18)15-20/h1-5,7-12,15,21,26H,6,13-14,16H2,(H,24,25). The molecule has 1 amide bonds. The third-order valence-corrected chi connectivity index (χ3v) is 5.44. The summed E-state index contributed by atoms with van der Waals surface area (Å²) in [5, 5.41) is 16.3. The molecule has 0 bridgehead atoms. The van der Waals surface area contributed by atoms with Crippen molar-refractivity contribution in [1.82, 2.24) is 5.32 Å². The van der Waals surface area contributed by atoms with Gasteiger partial charge in [-0.15, -0.1) is 0 Å². The highest BCUT2D eigenvalue weighted by Crippen LogP contribution is 2.44. The first-order chi connectivity index (χ1) is 12.7. The van der Waals surface area contributed by atoms with E-state index in [4.69, 9.17) is 0 Å². The Morgan fingerprint density at radius 1 is 0.962 bits per heavy atom. The zero-order valence-corrected chi connectivity index (χ0v) is 14.7. The molecule has 3 aromatic rings. The third kappa shape index (κ3) is 3.23. The molecule has 132 valence electrons. The lowest BCUT2D eigenvalue weighted by Gasteiger charge is -2.42. The Morgan fingerprint density at radius 2 is 1.65 bits per heavy atom. The fourth-order valence-electron chi connectivity index (χ4n) is 3.81. The van der Waals surface area contributed by atoms with Crippen molar-refractivity contribution < 1.29 is 9.90 Å². The Morgan fingerprint density at radius 3 is 2.35 bits per heavy atom. The van der Waals surface area contributed by atoms with Crippen molar-refractivity contribution >= 4 is 16.7 Å². The SMILES string of the molecule is O=C(NCc1ccccc1)C(c1ccc2ccccc2c1)C1(O)CCC1. The molecule has 0 aromatic heterocycles. The Hall–Kier alpha value is -2.65. The topological polar surface area (TPSA) is 49.3 Å². The Kier molecular flexibility index (Phi) is 4.48. The molecule has 26 heavy (non-hydrogen) atoms. The van der Waals surface area contributed by atoms with Crippen LogP contribution < -0.4 is 5.32 Å². The van der Waals surface area contributed by atoms with Crippen molar-refractivity contribution in [1.29, 1.82) is 0 Å². The molecule has 0 radical (unpaired) electrons. The molecule has 1 atom stereocenters. The summed E-state index contributed by atoms with van der Waals surface area (Å²) in [5.41, 5.74) is 0.999. The lowest BCUT2D eigenvalue weighted by Crippen LogP contribution is -2.49. The zero-order chi connectivity index (χ0) is 18.0. The Bertz CT molecular complexity index is 916. The number of carbonyl (C=O) groups excluding carboxylic acids is 1. The summed E-state index contributed by atoms with van der Waals surface area (Å²) in [4.78, 5) is 13.0. The predicted octanol–water partition coefficient (Wildman–Crippen LogP) is 4.15. The maximum atomic E-state index is 13.0. The highest BCUT2D eigenvalue weighted by molar-refractivity contribution is 5.89. The molecule has 2 N–H and O–H groups in total. The van der Waals surface area contributed by atoms with E-state index in [9.17, 15) is 9.90 Å². The fraction of sp³-hybridized carbons (Fsp3) is 0.261. The molecule has 1 aliphatic rings. The summed E-state index contributed by atoms with van der Waals surface area (Å²) in [7, 11) is 0. The van der Waals surface area contributed by atoms with Crippen LogP contribution in [0.5, 0.6) is 0 Å². The number of hydrogen-bond acceptors (Lipinski definition) is 2. The van der Waals surface area contributed by atoms with Gasteiger partial charge in [0, 0.05) is 6.54 Å². The minimum atomic E-state index is -0.941. The van der Waals surface area contributed by atoms with Gasteiger partial charge in [0.05, 0.1) is 11.5 Å². The summed E-state index contributed by atoms with van der Waals surface area (Å²) in [5.74, 6) is -0.643. The molecule has 0 heterocycles. The van der Waals surface area contributed by atoms with Gasteiger partial charge in [-0.05, 0) is 41.2 Å². The third-order valence-electron chi connectivity index (χ3n) is 5.44. The first-order valence-electron chi connectivity index (χ1n) is 9.18. The van der Waals surface area contributed by atoms with Crippen LogP contribution in [0.3, 0.4) is 0 Å². The molecule has 1 unspecified atom stereocenters. The minimum absolute atomic E-state index is 0.105. The lowest BCUT2D eigenvalue weighted by molar-refractivity contribution is -0.135.